The second-order valence-corrected chi connectivity index (χ2v) is 6.49. The molecule has 0 bridgehead atoms. The highest BCUT2D eigenvalue weighted by atomic mass is 35.5. The summed E-state index contributed by atoms with van der Waals surface area (Å²) in [5, 5.41) is 0.335. The van der Waals surface area contributed by atoms with Crippen LogP contribution in [-0.2, 0) is 11.8 Å². The molecule has 17 heavy (non-hydrogen) atoms. The van der Waals surface area contributed by atoms with E-state index >= 15 is 0 Å². The van der Waals surface area contributed by atoms with Gasteiger partial charge in [0.25, 0.3) is 0 Å². The summed E-state index contributed by atoms with van der Waals surface area (Å²) in [6, 6.07) is 8.99. The van der Waals surface area contributed by atoms with Crippen LogP contribution in [0.4, 0.5) is 0 Å². The molecule has 96 valence electrons. The van der Waals surface area contributed by atoms with Gasteiger partial charge in [0.1, 0.15) is 0 Å². The Labute approximate surface area is 111 Å². The first-order valence-corrected chi connectivity index (χ1v) is 7.10. The molecule has 1 heteroatoms. The molecule has 1 atom stereocenters. The molecule has 0 aliphatic rings. The van der Waals surface area contributed by atoms with E-state index in [2.05, 4.69) is 52.0 Å². The number of rotatable bonds is 5. The van der Waals surface area contributed by atoms with Crippen molar-refractivity contribution in [2.75, 3.05) is 0 Å². The third-order valence-electron chi connectivity index (χ3n) is 3.17. The Morgan fingerprint density at radius 1 is 1.06 bits per heavy atom. The highest BCUT2D eigenvalue weighted by Crippen LogP contribution is 2.23. The molecule has 0 fully saturated rings. The minimum atomic E-state index is 0.246. The fourth-order valence-electron chi connectivity index (χ4n) is 1.95. The van der Waals surface area contributed by atoms with Gasteiger partial charge in [-0.3, -0.25) is 0 Å². The maximum absolute atomic E-state index is 6.23. The SMILES string of the molecule is CCCC(Cl)CCc1ccc(C(C)(C)C)cc1. The molecule has 0 aliphatic carbocycles. The second-order valence-electron chi connectivity index (χ2n) is 5.87. The first-order chi connectivity index (χ1) is 7.93. The predicted molar refractivity (Wildman–Crippen MR) is 78.0 cm³/mol. The van der Waals surface area contributed by atoms with Gasteiger partial charge in [-0.2, -0.15) is 0 Å². The van der Waals surface area contributed by atoms with Gasteiger partial charge in [0.05, 0.1) is 0 Å². The van der Waals surface area contributed by atoms with Gasteiger partial charge < -0.3 is 0 Å². The monoisotopic (exact) mass is 252 g/mol. The molecule has 0 aliphatic heterocycles. The molecular weight excluding hydrogens is 228 g/mol. The van der Waals surface area contributed by atoms with Gasteiger partial charge >= 0.3 is 0 Å². The molecular formula is C16H25Cl. The van der Waals surface area contributed by atoms with Gasteiger partial charge in [0.2, 0.25) is 0 Å². The lowest BCUT2D eigenvalue weighted by Crippen LogP contribution is -2.10. The van der Waals surface area contributed by atoms with Crippen LogP contribution in [0.25, 0.3) is 0 Å². The van der Waals surface area contributed by atoms with Gasteiger partial charge in [-0.1, -0.05) is 58.4 Å². The van der Waals surface area contributed by atoms with Crippen LogP contribution in [0.15, 0.2) is 24.3 Å². The standard InChI is InChI=1S/C16H25Cl/c1-5-6-15(17)12-9-13-7-10-14(11-8-13)16(2,3)4/h7-8,10-11,15H,5-6,9,12H2,1-4H3. The smallest absolute Gasteiger partial charge is 0.0339 e. The van der Waals surface area contributed by atoms with Gasteiger partial charge in [-0.05, 0) is 35.8 Å². The zero-order valence-corrected chi connectivity index (χ0v) is 12.3. The Hall–Kier alpha value is -0.490. The Morgan fingerprint density at radius 3 is 2.12 bits per heavy atom. The fraction of sp³-hybridized carbons (Fsp3) is 0.625. The van der Waals surface area contributed by atoms with Crippen molar-refractivity contribution in [1.82, 2.24) is 0 Å². The minimum absolute atomic E-state index is 0.246. The van der Waals surface area contributed by atoms with Crippen LogP contribution in [0.5, 0.6) is 0 Å². The van der Waals surface area contributed by atoms with E-state index in [-0.39, 0.29) is 5.41 Å². The van der Waals surface area contributed by atoms with Crippen LogP contribution in [0, 0.1) is 0 Å². The molecule has 0 N–H and O–H groups in total. The fourth-order valence-corrected chi connectivity index (χ4v) is 2.28. The molecule has 1 aromatic rings. The Balaban J connectivity index is 2.51. The van der Waals surface area contributed by atoms with Crippen LogP contribution in [0.1, 0.15) is 58.1 Å². The Bertz CT molecular complexity index is 318. The first-order valence-electron chi connectivity index (χ1n) is 6.67. The topological polar surface area (TPSA) is 0 Å². The summed E-state index contributed by atoms with van der Waals surface area (Å²) in [5.41, 5.74) is 3.05. The zero-order chi connectivity index (χ0) is 12.9. The summed E-state index contributed by atoms with van der Waals surface area (Å²) in [5.74, 6) is 0. The number of halogens is 1. The third kappa shape index (κ3) is 5.12. The van der Waals surface area contributed by atoms with Crippen molar-refractivity contribution in [3.63, 3.8) is 0 Å². The average molecular weight is 253 g/mol. The van der Waals surface area contributed by atoms with Gasteiger partial charge in [0.15, 0.2) is 0 Å². The van der Waals surface area contributed by atoms with Crippen LogP contribution in [-0.4, -0.2) is 5.38 Å². The summed E-state index contributed by atoms with van der Waals surface area (Å²) in [6.45, 7) is 8.93. The molecule has 1 aromatic carbocycles. The van der Waals surface area contributed by atoms with E-state index in [0.29, 0.717) is 5.38 Å². The number of benzene rings is 1. The second kappa shape index (κ2) is 6.44. The number of alkyl halides is 1. The first kappa shape index (κ1) is 14.6. The van der Waals surface area contributed by atoms with Crippen molar-refractivity contribution in [2.45, 2.75) is 64.2 Å². The van der Waals surface area contributed by atoms with Crippen molar-refractivity contribution in [2.24, 2.45) is 0 Å². The normalized spacial score (nSPS) is 13.7. The number of aryl methyl sites for hydroxylation is 1. The van der Waals surface area contributed by atoms with E-state index in [9.17, 15) is 0 Å². The van der Waals surface area contributed by atoms with Gasteiger partial charge in [-0.25, -0.2) is 0 Å². The van der Waals surface area contributed by atoms with Gasteiger partial charge in [-0.15, -0.1) is 11.6 Å². The van der Waals surface area contributed by atoms with E-state index < -0.39 is 0 Å². The van der Waals surface area contributed by atoms with Crippen LogP contribution in [0.3, 0.4) is 0 Å². The van der Waals surface area contributed by atoms with E-state index in [0.717, 1.165) is 19.3 Å². The molecule has 0 saturated carbocycles. The summed E-state index contributed by atoms with van der Waals surface area (Å²) < 4.78 is 0. The van der Waals surface area contributed by atoms with Crippen molar-refractivity contribution in [1.29, 1.82) is 0 Å². The lowest BCUT2D eigenvalue weighted by atomic mass is 9.86. The van der Waals surface area contributed by atoms with Crippen molar-refractivity contribution >= 4 is 11.6 Å². The lowest BCUT2D eigenvalue weighted by molar-refractivity contribution is 0.589. The van der Waals surface area contributed by atoms with Crippen LogP contribution in [0.2, 0.25) is 0 Å². The maximum Gasteiger partial charge on any atom is 0.0339 e. The quantitative estimate of drug-likeness (QED) is 0.622. The molecule has 1 unspecified atom stereocenters. The molecule has 0 saturated heterocycles. The van der Waals surface area contributed by atoms with E-state index in [1.807, 2.05) is 0 Å². The van der Waals surface area contributed by atoms with Gasteiger partial charge in [0, 0.05) is 5.38 Å². The average Bonchev–Trinajstić information content (AvgIpc) is 2.26. The zero-order valence-electron chi connectivity index (χ0n) is 11.6. The molecule has 0 spiro atoms. The summed E-state index contributed by atoms with van der Waals surface area (Å²) in [4.78, 5) is 0. The molecule has 1 rings (SSSR count). The Kier molecular flexibility index (Phi) is 5.52. The maximum atomic E-state index is 6.23. The summed E-state index contributed by atoms with van der Waals surface area (Å²) in [6.07, 6.45) is 4.49. The van der Waals surface area contributed by atoms with Crippen molar-refractivity contribution in [3.8, 4) is 0 Å². The minimum Gasteiger partial charge on any atom is -0.123 e. The van der Waals surface area contributed by atoms with Crippen molar-refractivity contribution < 1.29 is 0 Å². The van der Waals surface area contributed by atoms with Crippen molar-refractivity contribution in [3.05, 3.63) is 35.4 Å². The van der Waals surface area contributed by atoms with E-state index in [1.54, 1.807) is 0 Å². The highest BCUT2D eigenvalue weighted by molar-refractivity contribution is 6.20. The van der Waals surface area contributed by atoms with E-state index in [4.69, 9.17) is 11.6 Å². The predicted octanol–water partition coefficient (Wildman–Crippen LogP) is 5.32. The summed E-state index contributed by atoms with van der Waals surface area (Å²) in [7, 11) is 0. The lowest BCUT2D eigenvalue weighted by Gasteiger charge is -2.19. The molecule has 0 radical (unpaired) electrons. The summed E-state index contributed by atoms with van der Waals surface area (Å²) >= 11 is 6.23. The highest BCUT2D eigenvalue weighted by Gasteiger charge is 2.12. The third-order valence-corrected chi connectivity index (χ3v) is 3.60. The molecule has 0 heterocycles. The van der Waals surface area contributed by atoms with Crippen LogP contribution >= 0.6 is 11.6 Å². The molecule has 0 amide bonds. The largest absolute Gasteiger partial charge is 0.123 e. The number of hydrogen-bond donors (Lipinski definition) is 0. The Morgan fingerprint density at radius 2 is 1.65 bits per heavy atom. The molecule has 0 nitrogen and oxygen atoms in total. The number of hydrogen-bond acceptors (Lipinski definition) is 0. The van der Waals surface area contributed by atoms with E-state index in [1.165, 1.54) is 17.5 Å². The van der Waals surface area contributed by atoms with Crippen LogP contribution < -0.4 is 0 Å². The molecule has 0 aromatic heterocycles.